The van der Waals surface area contributed by atoms with E-state index >= 15 is 0 Å². The molecule has 2 aromatic rings. The number of nitrogens with one attached hydrogen (secondary N) is 1. The van der Waals surface area contributed by atoms with E-state index in [-0.39, 0.29) is 5.91 Å². The summed E-state index contributed by atoms with van der Waals surface area (Å²) >= 11 is 11.7. The molecule has 0 unspecified atom stereocenters. The first-order valence-corrected chi connectivity index (χ1v) is 5.94. The van der Waals surface area contributed by atoms with Gasteiger partial charge in [-0.2, -0.15) is 0 Å². The maximum Gasteiger partial charge on any atom is 0.255 e. The number of rotatable bonds is 2. The summed E-state index contributed by atoms with van der Waals surface area (Å²) in [6.45, 7) is 0. The lowest BCUT2D eigenvalue weighted by Crippen LogP contribution is -2.13. The molecule has 0 saturated carbocycles. The van der Waals surface area contributed by atoms with Crippen LogP contribution in [0.1, 0.15) is 10.4 Å². The summed E-state index contributed by atoms with van der Waals surface area (Å²) in [5.74, 6) is -0.286. The number of benzene rings is 2. The van der Waals surface area contributed by atoms with E-state index in [1.165, 1.54) is 0 Å². The summed E-state index contributed by atoms with van der Waals surface area (Å²) in [5.41, 5.74) is 7.14. The van der Waals surface area contributed by atoms with E-state index in [1.807, 2.05) is 0 Å². The fraction of sp³-hybridized carbons (Fsp3) is 0. The average Bonchev–Trinajstić information content (AvgIpc) is 2.34. The van der Waals surface area contributed by atoms with Gasteiger partial charge in [-0.3, -0.25) is 4.79 Å². The first-order valence-electron chi connectivity index (χ1n) is 5.18. The number of nitrogen functional groups attached to an aromatic ring is 1. The van der Waals surface area contributed by atoms with Crippen LogP contribution in [-0.4, -0.2) is 5.91 Å². The molecule has 5 heteroatoms. The Morgan fingerprint density at radius 1 is 1.06 bits per heavy atom. The van der Waals surface area contributed by atoms with Gasteiger partial charge in [-0.05, 0) is 36.4 Å². The van der Waals surface area contributed by atoms with Crippen molar-refractivity contribution in [3.63, 3.8) is 0 Å². The lowest BCUT2D eigenvalue weighted by atomic mass is 10.2. The van der Waals surface area contributed by atoms with Crippen molar-refractivity contribution in [2.75, 3.05) is 11.1 Å². The highest BCUT2D eigenvalue weighted by Gasteiger charge is 2.08. The maximum atomic E-state index is 12.0. The summed E-state index contributed by atoms with van der Waals surface area (Å²) in [6, 6.07) is 11.5. The summed E-state index contributed by atoms with van der Waals surface area (Å²) in [4.78, 5) is 12.0. The van der Waals surface area contributed by atoms with Crippen LogP contribution in [0.15, 0.2) is 42.5 Å². The van der Waals surface area contributed by atoms with Gasteiger partial charge in [-0.25, -0.2) is 0 Å². The van der Waals surface area contributed by atoms with Crippen molar-refractivity contribution in [1.82, 2.24) is 0 Å². The lowest BCUT2D eigenvalue weighted by Gasteiger charge is -2.08. The zero-order chi connectivity index (χ0) is 13.1. The number of halogens is 2. The third-order valence-corrected chi connectivity index (χ3v) is 2.82. The minimum Gasteiger partial charge on any atom is -0.397 e. The first-order chi connectivity index (χ1) is 8.56. The second-order valence-corrected chi connectivity index (χ2v) is 4.57. The minimum absolute atomic E-state index is 0.286. The quantitative estimate of drug-likeness (QED) is 0.822. The maximum absolute atomic E-state index is 12.0. The van der Waals surface area contributed by atoms with Crippen LogP contribution in [0.2, 0.25) is 10.0 Å². The van der Waals surface area contributed by atoms with Gasteiger partial charge in [0.2, 0.25) is 0 Å². The Bertz CT molecular complexity index is 599. The Balaban J connectivity index is 2.24. The second kappa shape index (κ2) is 5.29. The molecule has 0 aliphatic rings. The van der Waals surface area contributed by atoms with Gasteiger partial charge in [0.25, 0.3) is 5.91 Å². The Morgan fingerprint density at radius 3 is 2.50 bits per heavy atom. The van der Waals surface area contributed by atoms with Gasteiger partial charge < -0.3 is 11.1 Å². The van der Waals surface area contributed by atoms with Crippen LogP contribution in [-0.2, 0) is 0 Å². The standard InChI is InChI=1S/C13H10Cl2N2O/c14-9-3-1-2-8(6-9)13(18)17-12-7-10(15)4-5-11(12)16/h1-7H,16H2,(H,17,18). The number of nitrogens with two attached hydrogens (primary N) is 1. The normalized spacial score (nSPS) is 10.1. The zero-order valence-corrected chi connectivity index (χ0v) is 10.8. The fourth-order valence-corrected chi connectivity index (χ4v) is 1.82. The lowest BCUT2D eigenvalue weighted by molar-refractivity contribution is 0.102. The molecule has 0 aliphatic carbocycles. The van der Waals surface area contributed by atoms with Crippen LogP contribution in [0.4, 0.5) is 11.4 Å². The minimum atomic E-state index is -0.286. The highest BCUT2D eigenvalue weighted by atomic mass is 35.5. The Hall–Kier alpha value is -1.71. The van der Waals surface area contributed by atoms with Crippen molar-refractivity contribution in [3.05, 3.63) is 58.1 Å². The summed E-state index contributed by atoms with van der Waals surface area (Å²) in [6.07, 6.45) is 0. The molecule has 0 spiro atoms. The molecule has 3 nitrogen and oxygen atoms in total. The monoisotopic (exact) mass is 280 g/mol. The van der Waals surface area contributed by atoms with Crippen molar-refractivity contribution in [1.29, 1.82) is 0 Å². The smallest absolute Gasteiger partial charge is 0.255 e. The zero-order valence-electron chi connectivity index (χ0n) is 9.28. The molecule has 92 valence electrons. The molecule has 0 radical (unpaired) electrons. The van der Waals surface area contributed by atoms with Gasteiger partial charge in [0, 0.05) is 15.6 Å². The van der Waals surface area contributed by atoms with Crippen molar-refractivity contribution in [2.45, 2.75) is 0 Å². The molecule has 2 rings (SSSR count). The van der Waals surface area contributed by atoms with Crippen LogP contribution in [0.3, 0.4) is 0 Å². The van der Waals surface area contributed by atoms with Gasteiger partial charge in [-0.1, -0.05) is 29.3 Å². The predicted molar refractivity (Wildman–Crippen MR) is 75.3 cm³/mol. The molecule has 0 saturated heterocycles. The number of carbonyl (C=O) groups excluding carboxylic acids is 1. The van der Waals surface area contributed by atoms with Gasteiger partial charge in [0.1, 0.15) is 0 Å². The predicted octanol–water partition coefficient (Wildman–Crippen LogP) is 3.83. The van der Waals surface area contributed by atoms with Crippen LogP contribution >= 0.6 is 23.2 Å². The molecule has 0 fully saturated rings. The van der Waals surface area contributed by atoms with E-state index in [1.54, 1.807) is 42.5 Å². The van der Waals surface area contributed by atoms with E-state index in [0.717, 1.165) is 0 Å². The van der Waals surface area contributed by atoms with Crippen molar-refractivity contribution in [3.8, 4) is 0 Å². The second-order valence-electron chi connectivity index (χ2n) is 3.70. The van der Waals surface area contributed by atoms with E-state index in [9.17, 15) is 4.79 Å². The number of hydrogen-bond donors (Lipinski definition) is 2. The molecular formula is C13H10Cl2N2O. The first kappa shape index (κ1) is 12.7. The Kier molecular flexibility index (Phi) is 3.75. The molecule has 0 heterocycles. The molecule has 1 amide bonds. The average molecular weight is 281 g/mol. The molecular weight excluding hydrogens is 271 g/mol. The summed E-state index contributed by atoms with van der Waals surface area (Å²) < 4.78 is 0. The highest BCUT2D eigenvalue weighted by Crippen LogP contribution is 2.23. The van der Waals surface area contributed by atoms with Crippen LogP contribution in [0.25, 0.3) is 0 Å². The van der Waals surface area contributed by atoms with Crippen LogP contribution < -0.4 is 11.1 Å². The Labute approximate surface area is 115 Å². The number of amides is 1. The fourth-order valence-electron chi connectivity index (χ4n) is 1.46. The molecule has 0 aliphatic heterocycles. The number of hydrogen-bond acceptors (Lipinski definition) is 2. The van der Waals surface area contributed by atoms with E-state index < -0.39 is 0 Å². The van der Waals surface area contributed by atoms with Gasteiger partial charge in [0.05, 0.1) is 11.4 Å². The molecule has 0 bridgehead atoms. The van der Waals surface area contributed by atoms with Crippen LogP contribution in [0.5, 0.6) is 0 Å². The van der Waals surface area contributed by atoms with Gasteiger partial charge >= 0.3 is 0 Å². The highest BCUT2D eigenvalue weighted by molar-refractivity contribution is 6.31. The van der Waals surface area contributed by atoms with E-state index in [0.29, 0.717) is 27.0 Å². The Morgan fingerprint density at radius 2 is 1.78 bits per heavy atom. The van der Waals surface area contributed by atoms with E-state index in [4.69, 9.17) is 28.9 Å². The summed E-state index contributed by atoms with van der Waals surface area (Å²) in [5, 5.41) is 3.69. The number of anilines is 2. The van der Waals surface area contributed by atoms with Gasteiger partial charge in [-0.15, -0.1) is 0 Å². The molecule has 18 heavy (non-hydrogen) atoms. The molecule has 0 atom stereocenters. The number of carbonyl (C=O) groups is 1. The van der Waals surface area contributed by atoms with Gasteiger partial charge in [0.15, 0.2) is 0 Å². The van der Waals surface area contributed by atoms with Crippen LogP contribution in [0, 0.1) is 0 Å². The topological polar surface area (TPSA) is 55.1 Å². The molecule has 2 aromatic carbocycles. The molecule has 3 N–H and O–H groups in total. The SMILES string of the molecule is Nc1ccc(Cl)cc1NC(=O)c1cccc(Cl)c1. The van der Waals surface area contributed by atoms with E-state index in [2.05, 4.69) is 5.32 Å². The van der Waals surface area contributed by atoms with Crippen molar-refractivity contribution < 1.29 is 4.79 Å². The third kappa shape index (κ3) is 2.94. The largest absolute Gasteiger partial charge is 0.397 e. The third-order valence-electron chi connectivity index (χ3n) is 2.35. The molecule has 0 aromatic heterocycles. The van der Waals surface area contributed by atoms with Crippen molar-refractivity contribution in [2.24, 2.45) is 0 Å². The summed E-state index contributed by atoms with van der Waals surface area (Å²) in [7, 11) is 0. The van der Waals surface area contributed by atoms with Crippen molar-refractivity contribution >= 4 is 40.5 Å².